The van der Waals surface area contributed by atoms with Crippen molar-refractivity contribution in [2.75, 3.05) is 0 Å². The molecule has 0 fully saturated rings. The van der Waals surface area contributed by atoms with Crippen molar-refractivity contribution < 1.29 is 8.42 Å². The van der Waals surface area contributed by atoms with Crippen molar-refractivity contribution in [3.8, 4) is 50.5 Å². The van der Waals surface area contributed by atoms with Crippen molar-refractivity contribution >= 4 is 64.0 Å². The number of hydrogen-bond donors (Lipinski definition) is 0. The molecule has 10 aromatic carbocycles. The zero-order valence-electron chi connectivity index (χ0n) is 31.1. The lowest BCUT2D eigenvalue weighted by Crippen LogP contribution is -2.16. The molecular weight excluding hydrogens is 729 g/mol. The second-order valence-corrected chi connectivity index (χ2v) is 17.0. The Balaban J connectivity index is 1.18. The van der Waals surface area contributed by atoms with E-state index >= 15 is 0 Å². The van der Waals surface area contributed by atoms with Crippen molar-refractivity contribution in [1.82, 2.24) is 9.55 Å². The standard InChI is InChI=1S/C53H32N2O2S/c56-58(57)48-23-11-21-46-51(48)55(53(54-46)35-14-2-1-3-15-35)47-22-10-20-41(52(47)58)38-28-29-44-45(32-38)50(40-27-25-34-13-5-7-17-37(34)31-40)43-19-9-8-18-42(43)49(44)39-26-24-33-12-4-6-16-36(33)30-39/h1-32H. The highest BCUT2D eigenvalue weighted by Gasteiger charge is 2.36. The minimum atomic E-state index is -3.96. The first-order chi connectivity index (χ1) is 28.5. The lowest BCUT2D eigenvalue weighted by molar-refractivity contribution is 0.595. The fraction of sp³-hybridized carbons (Fsp3) is 0. The van der Waals surface area contributed by atoms with E-state index in [1.54, 1.807) is 12.1 Å². The lowest BCUT2D eigenvalue weighted by atomic mass is 9.84. The highest BCUT2D eigenvalue weighted by atomic mass is 32.2. The van der Waals surface area contributed by atoms with Crippen LogP contribution in [0.1, 0.15) is 0 Å². The average Bonchev–Trinajstić information content (AvgIpc) is 3.67. The summed E-state index contributed by atoms with van der Waals surface area (Å²) in [5.41, 5.74) is 8.75. The largest absolute Gasteiger partial charge is 0.290 e. The summed E-state index contributed by atoms with van der Waals surface area (Å²) < 4.78 is 32.0. The number of benzene rings is 10. The summed E-state index contributed by atoms with van der Waals surface area (Å²) in [6, 6.07) is 66.7. The first kappa shape index (κ1) is 32.9. The normalized spacial score (nSPS) is 13.1. The maximum absolute atomic E-state index is 15.0. The molecule has 12 rings (SSSR count). The van der Waals surface area contributed by atoms with Crippen LogP contribution in [0.2, 0.25) is 0 Å². The van der Waals surface area contributed by atoms with Gasteiger partial charge in [0.25, 0.3) is 0 Å². The van der Waals surface area contributed by atoms with Crippen molar-refractivity contribution in [1.29, 1.82) is 0 Å². The van der Waals surface area contributed by atoms with Crippen molar-refractivity contribution in [2.24, 2.45) is 0 Å². The van der Waals surface area contributed by atoms with E-state index in [0.717, 1.165) is 60.3 Å². The molecule has 1 aliphatic heterocycles. The SMILES string of the molecule is O=S1(=O)c2c(-c3ccc4c(-c5ccc6ccccc6c5)c5ccccc5c(-c5ccc6ccccc6c5)c4c3)cccc2-n2c(-c3ccccc3)nc3cccc1c32. The van der Waals surface area contributed by atoms with Gasteiger partial charge in [-0.05, 0) is 107 Å². The Morgan fingerprint density at radius 1 is 0.414 bits per heavy atom. The predicted molar refractivity (Wildman–Crippen MR) is 238 cm³/mol. The van der Waals surface area contributed by atoms with Gasteiger partial charge >= 0.3 is 0 Å². The number of sulfone groups is 1. The second kappa shape index (κ2) is 12.3. The molecule has 4 nitrogen and oxygen atoms in total. The van der Waals surface area contributed by atoms with E-state index < -0.39 is 9.84 Å². The van der Waals surface area contributed by atoms with Gasteiger partial charge in [0.05, 0.1) is 21.6 Å². The highest BCUT2D eigenvalue weighted by Crippen LogP contribution is 2.49. The molecule has 0 aliphatic carbocycles. The van der Waals surface area contributed by atoms with Crippen molar-refractivity contribution in [3.63, 3.8) is 0 Å². The number of fused-ring (bicyclic) bond motifs is 6. The fourth-order valence-corrected chi connectivity index (χ4v) is 11.1. The smallest absolute Gasteiger partial charge is 0.211 e. The molecule has 2 heterocycles. The van der Waals surface area contributed by atoms with Crippen LogP contribution >= 0.6 is 0 Å². The maximum Gasteiger partial charge on any atom is 0.211 e. The molecule has 11 aromatic rings. The third-order valence-electron chi connectivity index (χ3n) is 11.9. The molecule has 0 spiro atoms. The van der Waals surface area contributed by atoms with Crippen molar-refractivity contribution in [2.45, 2.75) is 9.79 Å². The Morgan fingerprint density at radius 3 is 1.67 bits per heavy atom. The Kier molecular flexibility index (Phi) is 6.98. The summed E-state index contributed by atoms with van der Waals surface area (Å²) in [6.07, 6.45) is 0. The molecule has 0 unspecified atom stereocenters. The van der Waals surface area contributed by atoms with E-state index in [0.29, 0.717) is 28.1 Å². The number of para-hydroxylation sites is 1. The zero-order chi connectivity index (χ0) is 38.5. The third-order valence-corrected chi connectivity index (χ3v) is 13.8. The van der Waals surface area contributed by atoms with Gasteiger partial charge in [-0.25, -0.2) is 13.4 Å². The third kappa shape index (κ3) is 4.74. The minimum Gasteiger partial charge on any atom is -0.290 e. The van der Waals surface area contributed by atoms with Crippen LogP contribution < -0.4 is 0 Å². The van der Waals surface area contributed by atoms with E-state index in [-0.39, 0.29) is 9.79 Å². The maximum atomic E-state index is 15.0. The minimum absolute atomic E-state index is 0.266. The summed E-state index contributed by atoms with van der Waals surface area (Å²) in [5.74, 6) is 0.708. The monoisotopic (exact) mass is 760 g/mol. The van der Waals surface area contributed by atoms with Crippen LogP contribution in [0, 0.1) is 0 Å². The molecule has 0 N–H and O–H groups in total. The number of hydrogen-bond acceptors (Lipinski definition) is 3. The summed E-state index contributed by atoms with van der Waals surface area (Å²) in [7, 11) is -3.96. The molecule has 0 radical (unpaired) electrons. The van der Waals surface area contributed by atoms with Crippen LogP contribution in [0.25, 0.3) is 105 Å². The van der Waals surface area contributed by atoms with Gasteiger partial charge in [-0.15, -0.1) is 0 Å². The van der Waals surface area contributed by atoms with E-state index in [1.165, 1.54) is 16.2 Å². The summed E-state index contributed by atoms with van der Waals surface area (Å²) in [6.45, 7) is 0. The summed E-state index contributed by atoms with van der Waals surface area (Å²) >= 11 is 0. The summed E-state index contributed by atoms with van der Waals surface area (Å²) in [5, 5.41) is 9.16. The highest BCUT2D eigenvalue weighted by molar-refractivity contribution is 7.92. The summed E-state index contributed by atoms with van der Waals surface area (Å²) in [4.78, 5) is 5.56. The van der Waals surface area contributed by atoms with Crippen LogP contribution in [0.4, 0.5) is 0 Å². The molecule has 5 heteroatoms. The van der Waals surface area contributed by atoms with Gasteiger partial charge in [-0.2, -0.15) is 0 Å². The van der Waals surface area contributed by atoms with E-state index in [2.05, 4.69) is 127 Å². The first-order valence-electron chi connectivity index (χ1n) is 19.5. The molecular formula is C53H32N2O2S. The van der Waals surface area contributed by atoms with Gasteiger partial charge in [-0.3, -0.25) is 4.57 Å². The molecule has 272 valence electrons. The molecule has 1 aromatic heterocycles. The van der Waals surface area contributed by atoms with Gasteiger partial charge in [0.2, 0.25) is 9.84 Å². The number of nitrogens with zero attached hydrogens (tertiary/aromatic N) is 2. The molecule has 0 saturated heterocycles. The van der Waals surface area contributed by atoms with Crippen LogP contribution in [-0.2, 0) is 9.84 Å². The predicted octanol–water partition coefficient (Wildman–Crippen LogP) is 13.5. The van der Waals surface area contributed by atoms with E-state index in [4.69, 9.17) is 4.98 Å². The molecule has 1 aliphatic rings. The Labute approximate surface area is 334 Å². The van der Waals surface area contributed by atoms with Gasteiger partial charge in [0.15, 0.2) is 0 Å². The van der Waals surface area contributed by atoms with E-state index in [1.807, 2.05) is 59.2 Å². The van der Waals surface area contributed by atoms with E-state index in [9.17, 15) is 8.42 Å². The fourth-order valence-electron chi connectivity index (χ4n) is 9.31. The first-order valence-corrected chi connectivity index (χ1v) is 20.9. The van der Waals surface area contributed by atoms with Gasteiger partial charge in [-0.1, -0.05) is 158 Å². The average molecular weight is 761 g/mol. The molecule has 0 atom stereocenters. The van der Waals surface area contributed by atoms with Crippen molar-refractivity contribution in [3.05, 3.63) is 194 Å². The van der Waals surface area contributed by atoms with Gasteiger partial charge < -0.3 is 0 Å². The van der Waals surface area contributed by atoms with Crippen LogP contribution in [0.3, 0.4) is 0 Å². The molecule has 0 saturated carbocycles. The van der Waals surface area contributed by atoms with Crippen LogP contribution in [0.5, 0.6) is 0 Å². The molecule has 58 heavy (non-hydrogen) atoms. The Morgan fingerprint density at radius 2 is 0.983 bits per heavy atom. The number of aromatic nitrogens is 2. The Hall–Kier alpha value is -7.34. The molecule has 0 amide bonds. The lowest BCUT2D eigenvalue weighted by Gasteiger charge is -2.24. The second-order valence-electron chi connectivity index (χ2n) is 15.1. The topological polar surface area (TPSA) is 52.0 Å². The zero-order valence-corrected chi connectivity index (χ0v) is 31.9. The number of rotatable bonds is 4. The van der Waals surface area contributed by atoms with Crippen LogP contribution in [-0.4, -0.2) is 18.0 Å². The van der Waals surface area contributed by atoms with Crippen LogP contribution in [0.15, 0.2) is 204 Å². The Bertz CT molecular complexity index is 3640. The quantitative estimate of drug-likeness (QED) is 0.168. The molecule has 0 bridgehead atoms. The van der Waals surface area contributed by atoms with Gasteiger partial charge in [0.1, 0.15) is 10.7 Å². The van der Waals surface area contributed by atoms with Gasteiger partial charge in [0, 0.05) is 11.1 Å². The number of imidazole rings is 1.